The second-order valence-electron chi connectivity index (χ2n) is 6.56. The third-order valence-electron chi connectivity index (χ3n) is 4.60. The number of aryl methyl sites for hydroxylation is 2. The predicted molar refractivity (Wildman–Crippen MR) is 111 cm³/mol. The van der Waals surface area contributed by atoms with E-state index in [4.69, 9.17) is 0 Å². The normalized spacial score (nSPS) is 13.0. The van der Waals surface area contributed by atoms with Crippen LogP contribution in [0.2, 0.25) is 0 Å². The van der Waals surface area contributed by atoms with Gasteiger partial charge in [-0.05, 0) is 48.8 Å². The van der Waals surface area contributed by atoms with Gasteiger partial charge in [-0.3, -0.25) is 4.79 Å². The van der Waals surface area contributed by atoms with Crippen LogP contribution >= 0.6 is 23.1 Å². The average Bonchev–Trinajstić information content (AvgIpc) is 3.38. The number of nitrogens with zero attached hydrogens (tertiary/aromatic N) is 4. The first-order chi connectivity index (χ1) is 13.7. The second-order valence-corrected chi connectivity index (χ2v) is 8.55. The van der Waals surface area contributed by atoms with E-state index in [9.17, 15) is 10.1 Å². The Morgan fingerprint density at radius 1 is 1.36 bits per heavy atom. The van der Waals surface area contributed by atoms with Gasteiger partial charge in [0.15, 0.2) is 0 Å². The highest BCUT2D eigenvalue weighted by Gasteiger charge is 2.17. The lowest BCUT2D eigenvalue weighted by Crippen LogP contribution is -2.18. The van der Waals surface area contributed by atoms with Crippen LogP contribution in [0.15, 0.2) is 40.9 Å². The van der Waals surface area contributed by atoms with E-state index in [1.54, 1.807) is 28.3 Å². The summed E-state index contributed by atoms with van der Waals surface area (Å²) in [6, 6.07) is 9.99. The number of fused-ring (bicyclic) bond motifs is 1. The highest BCUT2D eigenvalue weighted by Crippen LogP contribution is 2.27. The Labute approximate surface area is 171 Å². The second kappa shape index (κ2) is 8.59. The molecule has 0 unspecified atom stereocenters. The number of nitriles is 1. The largest absolute Gasteiger partial charge is 0.310 e. The Morgan fingerprint density at radius 2 is 2.25 bits per heavy atom. The molecule has 0 saturated heterocycles. The van der Waals surface area contributed by atoms with Gasteiger partial charge in [-0.15, -0.1) is 11.3 Å². The molecule has 8 heteroatoms. The molecule has 4 rings (SSSR count). The lowest BCUT2D eigenvalue weighted by molar-refractivity contribution is -0.113. The molecule has 1 aliphatic carbocycles. The number of carbonyl (C=O) groups excluding carboxylic acids is 1. The van der Waals surface area contributed by atoms with Crippen LogP contribution in [-0.4, -0.2) is 26.4 Å². The zero-order valence-corrected chi connectivity index (χ0v) is 16.9. The molecule has 3 aromatic rings. The quantitative estimate of drug-likeness (QED) is 0.625. The number of hydrogen-bond acceptors (Lipinski definition) is 6. The summed E-state index contributed by atoms with van der Waals surface area (Å²) in [6.45, 7) is 0.623. The first-order valence-electron chi connectivity index (χ1n) is 9.12. The summed E-state index contributed by atoms with van der Waals surface area (Å²) in [7, 11) is 0. The Bertz CT molecular complexity index is 1020. The van der Waals surface area contributed by atoms with E-state index in [-0.39, 0.29) is 11.7 Å². The minimum Gasteiger partial charge on any atom is -0.310 e. The maximum absolute atomic E-state index is 12.4. The van der Waals surface area contributed by atoms with Crippen molar-refractivity contribution in [1.82, 2.24) is 14.8 Å². The van der Waals surface area contributed by atoms with Crippen molar-refractivity contribution in [2.75, 3.05) is 11.1 Å². The molecule has 0 saturated carbocycles. The first kappa shape index (κ1) is 18.7. The van der Waals surface area contributed by atoms with E-state index in [0.29, 0.717) is 23.0 Å². The summed E-state index contributed by atoms with van der Waals surface area (Å²) in [6.07, 6.45) is 5.88. The van der Waals surface area contributed by atoms with Gasteiger partial charge in [0, 0.05) is 16.6 Å². The van der Waals surface area contributed by atoms with E-state index >= 15 is 0 Å². The molecule has 28 heavy (non-hydrogen) atoms. The number of thioether (sulfide) groups is 1. The van der Waals surface area contributed by atoms with Crippen LogP contribution < -0.4 is 5.32 Å². The molecule has 0 aromatic carbocycles. The van der Waals surface area contributed by atoms with Crippen molar-refractivity contribution in [1.29, 1.82) is 5.26 Å². The van der Waals surface area contributed by atoms with Crippen LogP contribution in [0, 0.1) is 11.3 Å². The number of anilines is 1. The van der Waals surface area contributed by atoms with Crippen LogP contribution in [0.4, 0.5) is 5.82 Å². The molecule has 0 atom stereocenters. The molecule has 3 heterocycles. The Hall–Kier alpha value is -2.63. The zero-order chi connectivity index (χ0) is 19.3. The summed E-state index contributed by atoms with van der Waals surface area (Å²) in [5.41, 5.74) is 2.80. The smallest absolute Gasteiger partial charge is 0.235 e. The van der Waals surface area contributed by atoms with Gasteiger partial charge in [0.25, 0.3) is 0 Å². The van der Waals surface area contributed by atoms with Crippen molar-refractivity contribution in [2.24, 2.45) is 0 Å². The van der Waals surface area contributed by atoms with Gasteiger partial charge >= 0.3 is 0 Å². The maximum Gasteiger partial charge on any atom is 0.235 e. The Kier molecular flexibility index (Phi) is 5.74. The summed E-state index contributed by atoms with van der Waals surface area (Å²) >= 11 is 2.97. The number of thiophene rings is 1. The molecule has 0 bridgehead atoms. The Balaban J connectivity index is 1.40. The number of rotatable bonds is 6. The van der Waals surface area contributed by atoms with Crippen LogP contribution in [-0.2, 0) is 24.2 Å². The van der Waals surface area contributed by atoms with Crippen molar-refractivity contribution in [3.63, 3.8) is 0 Å². The molecule has 142 valence electrons. The fraction of sp³-hybridized carbons (Fsp3) is 0.300. The summed E-state index contributed by atoms with van der Waals surface area (Å²) in [5.74, 6) is 0.726. The van der Waals surface area contributed by atoms with E-state index in [2.05, 4.69) is 21.5 Å². The molecule has 0 aliphatic heterocycles. The fourth-order valence-corrected chi connectivity index (χ4v) is 4.69. The molecule has 1 N–H and O–H groups in total. The third-order valence-corrected chi connectivity index (χ3v) is 6.45. The van der Waals surface area contributed by atoms with E-state index in [1.807, 2.05) is 23.6 Å². The Morgan fingerprint density at radius 3 is 3.07 bits per heavy atom. The highest BCUT2D eigenvalue weighted by molar-refractivity contribution is 8.00. The molecule has 6 nitrogen and oxygen atoms in total. The molecule has 0 fully saturated rings. The van der Waals surface area contributed by atoms with Crippen molar-refractivity contribution in [2.45, 2.75) is 37.3 Å². The van der Waals surface area contributed by atoms with E-state index in [0.717, 1.165) is 31.4 Å². The van der Waals surface area contributed by atoms with Gasteiger partial charge < -0.3 is 5.32 Å². The van der Waals surface area contributed by atoms with Crippen molar-refractivity contribution >= 4 is 34.8 Å². The number of aromatic nitrogens is 3. The molecular formula is C20H19N5OS2. The third kappa shape index (κ3) is 4.26. The number of pyridine rings is 1. The highest BCUT2D eigenvalue weighted by atomic mass is 32.2. The average molecular weight is 410 g/mol. The number of amides is 1. The lowest BCUT2D eigenvalue weighted by Gasteiger charge is -2.16. The van der Waals surface area contributed by atoms with E-state index in [1.165, 1.54) is 22.2 Å². The zero-order valence-electron chi connectivity index (χ0n) is 15.2. The van der Waals surface area contributed by atoms with Crippen molar-refractivity contribution in [3.8, 4) is 6.07 Å². The SMILES string of the molecule is N#Cc1cc2c(nc1SCC(=O)Nc1ccnn1Cc1cccs1)CCCC2. The van der Waals surface area contributed by atoms with Gasteiger partial charge in [0.05, 0.1) is 24.1 Å². The molecular weight excluding hydrogens is 390 g/mol. The first-order valence-corrected chi connectivity index (χ1v) is 11.0. The maximum atomic E-state index is 12.4. The van der Waals surface area contributed by atoms with Gasteiger partial charge in [-0.25, -0.2) is 9.67 Å². The minimum atomic E-state index is -0.138. The van der Waals surface area contributed by atoms with Crippen LogP contribution in [0.25, 0.3) is 0 Å². The number of hydrogen-bond donors (Lipinski definition) is 1. The lowest BCUT2D eigenvalue weighted by atomic mass is 9.95. The number of carbonyl (C=O) groups is 1. The molecule has 3 aromatic heterocycles. The fourth-order valence-electron chi connectivity index (χ4n) is 3.23. The standard InChI is InChI=1S/C20H19N5OS2/c21-11-15-10-14-4-1-2-6-17(14)23-20(15)28-13-19(26)24-18-7-8-22-25(18)12-16-5-3-9-27-16/h3,5,7-10H,1-2,4,6,12-13H2,(H,24,26). The summed E-state index contributed by atoms with van der Waals surface area (Å²) < 4.78 is 1.77. The van der Waals surface area contributed by atoms with Gasteiger partial charge in [0.2, 0.25) is 5.91 Å². The minimum absolute atomic E-state index is 0.138. The summed E-state index contributed by atoms with van der Waals surface area (Å²) in [5, 5.41) is 19.3. The topological polar surface area (TPSA) is 83.6 Å². The van der Waals surface area contributed by atoms with Crippen LogP contribution in [0.3, 0.4) is 0 Å². The molecule has 0 spiro atoms. The number of nitrogens with one attached hydrogen (secondary N) is 1. The predicted octanol–water partition coefficient (Wildman–Crippen LogP) is 3.87. The van der Waals surface area contributed by atoms with Gasteiger partial charge in [0.1, 0.15) is 16.9 Å². The monoisotopic (exact) mass is 409 g/mol. The van der Waals surface area contributed by atoms with Crippen molar-refractivity contribution in [3.05, 3.63) is 57.5 Å². The molecule has 1 amide bonds. The van der Waals surface area contributed by atoms with Crippen LogP contribution in [0.5, 0.6) is 0 Å². The molecule has 0 radical (unpaired) electrons. The van der Waals surface area contributed by atoms with E-state index < -0.39 is 0 Å². The van der Waals surface area contributed by atoms with Crippen LogP contribution in [0.1, 0.15) is 34.5 Å². The molecule has 1 aliphatic rings. The van der Waals surface area contributed by atoms with Gasteiger partial charge in [-0.2, -0.15) is 10.4 Å². The van der Waals surface area contributed by atoms with Gasteiger partial charge in [-0.1, -0.05) is 17.8 Å². The van der Waals surface area contributed by atoms with Crippen molar-refractivity contribution < 1.29 is 4.79 Å². The summed E-state index contributed by atoms with van der Waals surface area (Å²) in [4.78, 5) is 18.3.